The Balaban J connectivity index is 1.44. The lowest BCUT2D eigenvalue weighted by atomic mass is 9.99. The van der Waals surface area contributed by atoms with E-state index in [0.717, 1.165) is 27.6 Å². The number of aromatic hydroxyl groups is 1. The molecular formula is C26H24N4O4. The zero-order valence-electron chi connectivity index (χ0n) is 18.9. The maximum atomic E-state index is 13.0. The van der Waals surface area contributed by atoms with Gasteiger partial charge in [-0.2, -0.15) is 0 Å². The summed E-state index contributed by atoms with van der Waals surface area (Å²) in [4.78, 5) is 34.5. The van der Waals surface area contributed by atoms with Gasteiger partial charge in [-0.1, -0.05) is 42.5 Å². The summed E-state index contributed by atoms with van der Waals surface area (Å²) in [5.41, 5.74) is 1.83. The molecule has 34 heavy (non-hydrogen) atoms. The molecule has 0 saturated heterocycles. The van der Waals surface area contributed by atoms with Gasteiger partial charge in [0.15, 0.2) is 5.69 Å². The third kappa shape index (κ3) is 3.82. The number of nitrogens with zero attached hydrogens (tertiary/aromatic N) is 3. The predicted molar refractivity (Wildman–Crippen MR) is 127 cm³/mol. The standard InChI is InChI=1S/C26H24N4O4/c1-26(2)25-29-21(22(31)24(33)30(25)11-12-34-26)23(32)28-14-17-8-3-5-9-19(17)18-13-16-7-4-6-10-20(16)27-15-18/h3-10,13,15,31H,11-12,14H2,1-2H3,(H,28,32). The van der Waals surface area contributed by atoms with E-state index in [0.29, 0.717) is 12.4 Å². The highest BCUT2D eigenvalue weighted by molar-refractivity contribution is 5.94. The van der Waals surface area contributed by atoms with Gasteiger partial charge in [0, 0.05) is 23.7 Å². The van der Waals surface area contributed by atoms with Gasteiger partial charge in [-0.3, -0.25) is 19.1 Å². The van der Waals surface area contributed by atoms with Gasteiger partial charge < -0.3 is 15.2 Å². The largest absolute Gasteiger partial charge is 0.501 e. The summed E-state index contributed by atoms with van der Waals surface area (Å²) in [6, 6.07) is 17.6. The number of amides is 1. The summed E-state index contributed by atoms with van der Waals surface area (Å²) in [7, 11) is 0. The molecule has 1 amide bonds. The van der Waals surface area contributed by atoms with Crippen LogP contribution in [0.4, 0.5) is 0 Å². The molecular weight excluding hydrogens is 432 g/mol. The minimum atomic E-state index is -0.851. The normalized spacial score (nSPS) is 14.5. The molecule has 8 nitrogen and oxygen atoms in total. The number of aromatic nitrogens is 3. The Kier molecular flexibility index (Phi) is 5.37. The van der Waals surface area contributed by atoms with E-state index in [1.54, 1.807) is 13.8 Å². The number of hydrogen-bond acceptors (Lipinski definition) is 6. The Morgan fingerprint density at radius 2 is 1.94 bits per heavy atom. The van der Waals surface area contributed by atoms with Crippen LogP contribution < -0.4 is 10.9 Å². The van der Waals surface area contributed by atoms with Crippen molar-refractivity contribution in [2.45, 2.75) is 32.5 Å². The van der Waals surface area contributed by atoms with Gasteiger partial charge in [-0.05, 0) is 37.1 Å². The van der Waals surface area contributed by atoms with Crippen molar-refractivity contribution in [1.29, 1.82) is 0 Å². The Morgan fingerprint density at radius 3 is 2.79 bits per heavy atom. The number of fused-ring (bicyclic) bond motifs is 2. The van der Waals surface area contributed by atoms with Crippen molar-refractivity contribution in [3.63, 3.8) is 0 Å². The Morgan fingerprint density at radius 1 is 1.18 bits per heavy atom. The number of para-hydroxylation sites is 1. The molecule has 8 heteroatoms. The topological polar surface area (TPSA) is 106 Å². The number of carbonyl (C=O) groups is 1. The summed E-state index contributed by atoms with van der Waals surface area (Å²) in [5.74, 6) is -0.980. The van der Waals surface area contributed by atoms with Gasteiger partial charge in [0.05, 0.1) is 18.7 Å². The van der Waals surface area contributed by atoms with Crippen molar-refractivity contribution in [3.8, 4) is 16.9 Å². The number of hydrogen-bond donors (Lipinski definition) is 2. The van der Waals surface area contributed by atoms with Crippen LogP contribution in [0, 0.1) is 0 Å². The van der Waals surface area contributed by atoms with E-state index in [9.17, 15) is 14.7 Å². The summed E-state index contributed by atoms with van der Waals surface area (Å²) < 4.78 is 7.06. The molecule has 4 aromatic rings. The van der Waals surface area contributed by atoms with Crippen molar-refractivity contribution < 1.29 is 14.6 Å². The van der Waals surface area contributed by atoms with Gasteiger partial charge in [-0.15, -0.1) is 0 Å². The SMILES string of the molecule is CC1(C)OCCn2c1nc(C(=O)NCc1ccccc1-c1cnc3ccccc3c1)c(O)c2=O. The Labute approximate surface area is 195 Å². The first-order valence-electron chi connectivity index (χ1n) is 11.0. The maximum Gasteiger partial charge on any atom is 0.296 e. The molecule has 2 aromatic carbocycles. The molecule has 0 fully saturated rings. The lowest BCUT2D eigenvalue weighted by molar-refractivity contribution is -0.0566. The van der Waals surface area contributed by atoms with E-state index in [1.165, 1.54) is 4.57 Å². The minimum Gasteiger partial charge on any atom is -0.501 e. The monoisotopic (exact) mass is 456 g/mol. The van der Waals surface area contributed by atoms with Crippen LogP contribution in [-0.4, -0.2) is 32.2 Å². The van der Waals surface area contributed by atoms with Crippen molar-refractivity contribution in [1.82, 2.24) is 19.9 Å². The molecule has 0 saturated carbocycles. The first-order chi connectivity index (χ1) is 16.3. The molecule has 0 atom stereocenters. The lowest BCUT2D eigenvalue weighted by Crippen LogP contribution is -2.42. The van der Waals surface area contributed by atoms with Gasteiger partial charge >= 0.3 is 0 Å². The quantitative estimate of drug-likeness (QED) is 0.488. The van der Waals surface area contributed by atoms with E-state index in [1.807, 2.05) is 54.7 Å². The third-order valence-corrected chi connectivity index (χ3v) is 6.04. The molecule has 0 unspecified atom stereocenters. The number of carbonyl (C=O) groups excluding carboxylic acids is 1. The second-order valence-electron chi connectivity index (χ2n) is 8.70. The smallest absolute Gasteiger partial charge is 0.296 e. The highest BCUT2D eigenvalue weighted by Gasteiger charge is 2.34. The molecule has 0 aliphatic carbocycles. The van der Waals surface area contributed by atoms with E-state index in [4.69, 9.17) is 4.74 Å². The molecule has 2 aromatic heterocycles. The second-order valence-corrected chi connectivity index (χ2v) is 8.70. The van der Waals surface area contributed by atoms with Crippen LogP contribution in [0.1, 0.15) is 35.7 Å². The first-order valence-corrected chi connectivity index (χ1v) is 11.0. The highest BCUT2D eigenvalue weighted by Crippen LogP contribution is 2.28. The second kappa shape index (κ2) is 8.39. The fraction of sp³-hybridized carbons (Fsp3) is 0.231. The summed E-state index contributed by atoms with van der Waals surface area (Å²) in [6.07, 6.45) is 1.81. The van der Waals surface area contributed by atoms with E-state index >= 15 is 0 Å². The van der Waals surface area contributed by atoms with Crippen LogP contribution in [0.3, 0.4) is 0 Å². The first kappa shape index (κ1) is 21.8. The van der Waals surface area contributed by atoms with Crippen molar-refractivity contribution in [2.24, 2.45) is 0 Å². The molecule has 0 spiro atoms. The molecule has 172 valence electrons. The minimum absolute atomic E-state index is 0.182. The number of benzene rings is 2. The summed E-state index contributed by atoms with van der Waals surface area (Å²) in [5, 5.41) is 14.2. The summed E-state index contributed by atoms with van der Waals surface area (Å²) in [6.45, 7) is 4.33. The fourth-order valence-corrected chi connectivity index (χ4v) is 4.26. The summed E-state index contributed by atoms with van der Waals surface area (Å²) >= 11 is 0. The average Bonchev–Trinajstić information content (AvgIpc) is 2.84. The van der Waals surface area contributed by atoms with E-state index in [-0.39, 0.29) is 18.8 Å². The zero-order valence-corrected chi connectivity index (χ0v) is 18.9. The zero-order chi connectivity index (χ0) is 23.9. The van der Waals surface area contributed by atoms with Crippen molar-refractivity contribution in [2.75, 3.05) is 6.61 Å². The molecule has 0 radical (unpaired) electrons. The van der Waals surface area contributed by atoms with Crippen LogP contribution in [0.5, 0.6) is 5.75 Å². The molecule has 1 aliphatic rings. The fourth-order valence-electron chi connectivity index (χ4n) is 4.26. The molecule has 0 bridgehead atoms. The van der Waals surface area contributed by atoms with Crippen LogP contribution in [-0.2, 0) is 23.4 Å². The molecule has 3 heterocycles. The van der Waals surface area contributed by atoms with E-state index < -0.39 is 22.8 Å². The molecule has 1 aliphatic heterocycles. The maximum absolute atomic E-state index is 13.0. The van der Waals surface area contributed by atoms with Gasteiger partial charge in [-0.25, -0.2) is 4.98 Å². The Bertz CT molecular complexity index is 1480. The van der Waals surface area contributed by atoms with Gasteiger partial charge in [0.25, 0.3) is 11.5 Å². The van der Waals surface area contributed by atoms with Crippen LogP contribution in [0.2, 0.25) is 0 Å². The number of nitrogens with one attached hydrogen (secondary N) is 1. The van der Waals surface area contributed by atoms with E-state index in [2.05, 4.69) is 21.4 Å². The highest BCUT2D eigenvalue weighted by atomic mass is 16.5. The van der Waals surface area contributed by atoms with Gasteiger partial charge in [0.1, 0.15) is 11.4 Å². The predicted octanol–water partition coefficient (Wildman–Crippen LogP) is 3.36. The third-order valence-electron chi connectivity index (χ3n) is 6.04. The Hall–Kier alpha value is -4.04. The van der Waals surface area contributed by atoms with Crippen LogP contribution in [0.25, 0.3) is 22.0 Å². The van der Waals surface area contributed by atoms with Gasteiger partial charge in [0.2, 0.25) is 5.75 Å². The number of pyridine rings is 1. The van der Waals surface area contributed by atoms with Crippen LogP contribution >= 0.6 is 0 Å². The van der Waals surface area contributed by atoms with Crippen LogP contribution in [0.15, 0.2) is 65.6 Å². The number of ether oxygens (including phenoxy) is 1. The molecule has 2 N–H and O–H groups in total. The average molecular weight is 457 g/mol. The number of rotatable bonds is 4. The lowest BCUT2D eigenvalue weighted by Gasteiger charge is -2.32. The van der Waals surface area contributed by atoms with Crippen molar-refractivity contribution in [3.05, 3.63) is 88.2 Å². The molecule has 5 rings (SSSR count). The van der Waals surface area contributed by atoms with Crippen molar-refractivity contribution >= 4 is 16.8 Å².